The summed E-state index contributed by atoms with van der Waals surface area (Å²) in [7, 11) is 0. The number of aromatic nitrogens is 3. The highest BCUT2D eigenvalue weighted by Gasteiger charge is 2.13. The van der Waals surface area contributed by atoms with Gasteiger partial charge in [0.25, 0.3) is 0 Å². The van der Waals surface area contributed by atoms with Crippen LogP contribution < -0.4 is 11.1 Å². The van der Waals surface area contributed by atoms with Crippen molar-refractivity contribution in [2.24, 2.45) is 0 Å². The number of hydrogen-bond donors (Lipinski definition) is 2. The van der Waals surface area contributed by atoms with Gasteiger partial charge in [-0.25, -0.2) is 4.98 Å². The third-order valence-corrected chi connectivity index (χ3v) is 4.66. The Bertz CT molecular complexity index is 835. The summed E-state index contributed by atoms with van der Waals surface area (Å²) in [5, 5.41) is 30.2. The zero-order chi connectivity index (χ0) is 17.5. The molecule has 3 N–H and O–H groups in total. The van der Waals surface area contributed by atoms with Gasteiger partial charge in [-0.3, -0.25) is 10.1 Å². The third-order valence-electron chi connectivity index (χ3n) is 2.77. The van der Waals surface area contributed by atoms with Crippen molar-refractivity contribution in [1.29, 1.82) is 10.5 Å². The minimum Gasteiger partial charge on any atom is -0.383 e. The average Bonchev–Trinajstić information content (AvgIpc) is 3.00. The second-order valence-corrected chi connectivity index (χ2v) is 6.61. The number of pyridine rings is 1. The SMILES string of the molecule is CCCc1nnc(NC(=O)CSc2nc(N)c(C#N)cc2C#N)s1. The molecule has 0 saturated heterocycles. The van der Waals surface area contributed by atoms with Crippen molar-refractivity contribution in [1.82, 2.24) is 15.2 Å². The van der Waals surface area contributed by atoms with E-state index < -0.39 is 0 Å². The number of thioether (sulfide) groups is 1. The maximum absolute atomic E-state index is 12.0. The van der Waals surface area contributed by atoms with E-state index in [0.717, 1.165) is 29.6 Å². The van der Waals surface area contributed by atoms with Crippen LogP contribution in [0, 0.1) is 22.7 Å². The first-order valence-electron chi connectivity index (χ1n) is 6.93. The summed E-state index contributed by atoms with van der Waals surface area (Å²) in [6, 6.07) is 5.18. The van der Waals surface area contributed by atoms with Crippen LogP contribution in [0.1, 0.15) is 29.5 Å². The van der Waals surface area contributed by atoms with Crippen molar-refractivity contribution < 1.29 is 4.79 Å². The molecule has 0 aliphatic carbocycles. The standard InChI is InChI=1S/C14H13N7OS2/c1-2-3-11-20-21-14(24-11)18-10(22)7-23-13-9(6-16)4-8(5-15)12(17)19-13/h4H,2-3,7H2,1H3,(H2,17,19)(H,18,21,22). The van der Waals surface area contributed by atoms with Gasteiger partial charge < -0.3 is 5.73 Å². The van der Waals surface area contributed by atoms with E-state index in [4.69, 9.17) is 16.3 Å². The van der Waals surface area contributed by atoms with Gasteiger partial charge in [-0.05, 0) is 12.5 Å². The summed E-state index contributed by atoms with van der Waals surface area (Å²) in [4.78, 5) is 16.0. The molecule has 0 aliphatic rings. The Labute approximate surface area is 146 Å². The highest BCUT2D eigenvalue weighted by Crippen LogP contribution is 2.24. The molecular formula is C14H13N7OS2. The fourth-order valence-corrected chi connectivity index (χ4v) is 3.32. The second-order valence-electron chi connectivity index (χ2n) is 4.59. The number of hydrogen-bond acceptors (Lipinski definition) is 9. The lowest BCUT2D eigenvalue weighted by atomic mass is 10.2. The van der Waals surface area contributed by atoms with E-state index in [-0.39, 0.29) is 28.6 Å². The lowest BCUT2D eigenvalue weighted by molar-refractivity contribution is -0.113. The Balaban J connectivity index is 2.00. The molecule has 0 fully saturated rings. The maximum Gasteiger partial charge on any atom is 0.236 e. The number of aryl methyl sites for hydroxylation is 1. The number of carbonyl (C=O) groups excluding carboxylic acids is 1. The highest BCUT2D eigenvalue weighted by molar-refractivity contribution is 8.00. The van der Waals surface area contributed by atoms with E-state index in [1.807, 2.05) is 19.1 Å². The average molecular weight is 359 g/mol. The number of anilines is 2. The number of amides is 1. The summed E-state index contributed by atoms with van der Waals surface area (Å²) in [5.41, 5.74) is 5.99. The van der Waals surface area contributed by atoms with Crippen LogP contribution in [-0.2, 0) is 11.2 Å². The van der Waals surface area contributed by atoms with Crippen LogP contribution in [0.5, 0.6) is 0 Å². The molecule has 8 nitrogen and oxygen atoms in total. The molecule has 0 spiro atoms. The number of nitriles is 2. The Morgan fingerprint density at radius 1 is 1.38 bits per heavy atom. The number of rotatable bonds is 6. The normalized spacial score (nSPS) is 9.96. The van der Waals surface area contributed by atoms with E-state index in [2.05, 4.69) is 20.5 Å². The highest BCUT2D eigenvalue weighted by atomic mass is 32.2. The van der Waals surface area contributed by atoms with Gasteiger partial charge >= 0.3 is 0 Å². The van der Waals surface area contributed by atoms with Gasteiger partial charge in [0.15, 0.2) is 0 Å². The Morgan fingerprint density at radius 3 is 2.79 bits per heavy atom. The van der Waals surface area contributed by atoms with Gasteiger partial charge in [-0.1, -0.05) is 30.0 Å². The zero-order valence-electron chi connectivity index (χ0n) is 12.7. The van der Waals surface area contributed by atoms with Gasteiger partial charge in [0.2, 0.25) is 11.0 Å². The first-order chi connectivity index (χ1) is 11.6. The smallest absolute Gasteiger partial charge is 0.236 e. The number of carbonyl (C=O) groups is 1. The topological polar surface area (TPSA) is 141 Å². The molecule has 122 valence electrons. The first-order valence-corrected chi connectivity index (χ1v) is 8.73. The quantitative estimate of drug-likeness (QED) is 0.745. The minimum absolute atomic E-state index is 0.0349. The molecule has 2 aromatic heterocycles. The predicted octanol–water partition coefficient (Wildman–Crippen LogP) is 1.94. The molecule has 0 aliphatic heterocycles. The van der Waals surface area contributed by atoms with Crippen molar-refractivity contribution in [3.63, 3.8) is 0 Å². The van der Waals surface area contributed by atoms with E-state index in [9.17, 15) is 4.79 Å². The molecule has 0 bridgehead atoms. The number of nitrogen functional groups attached to an aromatic ring is 1. The fourth-order valence-electron chi connectivity index (χ4n) is 1.70. The summed E-state index contributed by atoms with van der Waals surface area (Å²) >= 11 is 2.41. The Morgan fingerprint density at radius 2 is 2.12 bits per heavy atom. The third kappa shape index (κ3) is 4.41. The lowest BCUT2D eigenvalue weighted by Gasteiger charge is -2.05. The minimum atomic E-state index is -0.284. The van der Waals surface area contributed by atoms with Crippen molar-refractivity contribution in [3.8, 4) is 12.1 Å². The van der Waals surface area contributed by atoms with Crippen LogP contribution in [0.2, 0.25) is 0 Å². The molecule has 2 heterocycles. The van der Waals surface area contributed by atoms with Crippen LogP contribution in [0.15, 0.2) is 11.1 Å². The van der Waals surface area contributed by atoms with E-state index >= 15 is 0 Å². The monoisotopic (exact) mass is 359 g/mol. The largest absolute Gasteiger partial charge is 0.383 e. The summed E-state index contributed by atoms with van der Waals surface area (Å²) in [5.74, 6) is -0.212. The van der Waals surface area contributed by atoms with Gasteiger partial charge in [-0.15, -0.1) is 10.2 Å². The van der Waals surface area contributed by atoms with Crippen LogP contribution in [0.3, 0.4) is 0 Å². The van der Waals surface area contributed by atoms with E-state index in [1.54, 1.807) is 0 Å². The fraction of sp³-hybridized carbons (Fsp3) is 0.286. The summed E-state index contributed by atoms with van der Waals surface area (Å²) < 4.78 is 0. The molecule has 10 heteroatoms. The molecular weight excluding hydrogens is 346 g/mol. The molecule has 0 radical (unpaired) electrons. The zero-order valence-corrected chi connectivity index (χ0v) is 14.4. The van der Waals surface area contributed by atoms with Crippen molar-refractivity contribution in [3.05, 3.63) is 22.2 Å². The molecule has 0 atom stereocenters. The maximum atomic E-state index is 12.0. The molecule has 0 unspecified atom stereocenters. The number of nitrogens with zero attached hydrogens (tertiary/aromatic N) is 5. The van der Waals surface area contributed by atoms with Gasteiger partial charge in [0.1, 0.15) is 28.0 Å². The molecule has 2 rings (SSSR count). The van der Waals surface area contributed by atoms with Crippen LogP contribution in [-0.4, -0.2) is 26.8 Å². The number of nitrogens with two attached hydrogens (primary N) is 1. The van der Waals surface area contributed by atoms with Crippen molar-refractivity contribution in [2.45, 2.75) is 24.8 Å². The second kappa shape index (κ2) is 8.24. The first kappa shape index (κ1) is 17.7. The molecule has 0 saturated carbocycles. The Hall–Kier alpha value is -2.69. The van der Waals surface area contributed by atoms with Crippen LogP contribution >= 0.6 is 23.1 Å². The van der Waals surface area contributed by atoms with E-state index in [0.29, 0.717) is 10.2 Å². The molecule has 0 aromatic carbocycles. The summed E-state index contributed by atoms with van der Waals surface area (Å²) in [6.45, 7) is 2.04. The lowest BCUT2D eigenvalue weighted by Crippen LogP contribution is -2.14. The molecule has 24 heavy (non-hydrogen) atoms. The Kier molecular flexibility index (Phi) is 6.07. The predicted molar refractivity (Wildman–Crippen MR) is 91.3 cm³/mol. The molecule has 2 aromatic rings. The van der Waals surface area contributed by atoms with Gasteiger partial charge in [0.05, 0.1) is 16.9 Å². The van der Waals surface area contributed by atoms with Crippen molar-refractivity contribution in [2.75, 3.05) is 16.8 Å². The molecule has 1 amide bonds. The van der Waals surface area contributed by atoms with Crippen molar-refractivity contribution >= 4 is 40.0 Å². The van der Waals surface area contributed by atoms with Crippen LogP contribution in [0.25, 0.3) is 0 Å². The number of nitrogens with one attached hydrogen (secondary N) is 1. The van der Waals surface area contributed by atoms with Gasteiger partial charge in [-0.2, -0.15) is 10.5 Å². The van der Waals surface area contributed by atoms with Gasteiger partial charge in [0, 0.05) is 6.42 Å². The summed E-state index contributed by atoms with van der Waals surface area (Å²) in [6.07, 6.45) is 1.78. The van der Waals surface area contributed by atoms with E-state index in [1.165, 1.54) is 17.4 Å². The van der Waals surface area contributed by atoms with Crippen LogP contribution in [0.4, 0.5) is 10.9 Å².